The summed E-state index contributed by atoms with van der Waals surface area (Å²) in [6.45, 7) is 0.967. The molecule has 1 aliphatic heterocycles. The predicted molar refractivity (Wildman–Crippen MR) is 69.4 cm³/mol. The summed E-state index contributed by atoms with van der Waals surface area (Å²) in [6.07, 6.45) is -2.47. The summed E-state index contributed by atoms with van der Waals surface area (Å²) in [5.74, 6) is 1.25. The van der Waals surface area contributed by atoms with Gasteiger partial charge in [-0.1, -0.05) is 0 Å². The van der Waals surface area contributed by atoms with Gasteiger partial charge in [0.1, 0.15) is 31.1 Å². The number of alkyl halides is 3. The van der Waals surface area contributed by atoms with Gasteiger partial charge in [-0.2, -0.15) is 13.2 Å². The summed E-state index contributed by atoms with van der Waals surface area (Å²) in [5.41, 5.74) is 0.270. The topological polar surface area (TPSA) is 36.3 Å². The highest BCUT2D eigenvalue weighted by molar-refractivity contribution is 5.77. The van der Waals surface area contributed by atoms with Crippen molar-refractivity contribution < 1.29 is 22.6 Å². The smallest absolute Gasteiger partial charge is 0.416 e. The second-order valence-corrected chi connectivity index (χ2v) is 4.77. The van der Waals surface area contributed by atoms with Crippen molar-refractivity contribution in [3.8, 4) is 0 Å². The minimum Gasteiger partial charge on any atom is -0.494 e. The fourth-order valence-electron chi connectivity index (χ4n) is 2.24. The van der Waals surface area contributed by atoms with E-state index in [0.717, 1.165) is 12.1 Å². The normalized spacial score (nSPS) is 15.5. The minimum atomic E-state index is -4.37. The average Bonchev–Trinajstić information content (AvgIpc) is 2.75. The van der Waals surface area contributed by atoms with Crippen molar-refractivity contribution in [3.05, 3.63) is 41.6 Å². The van der Waals surface area contributed by atoms with Crippen molar-refractivity contribution in [2.24, 2.45) is 7.05 Å². The van der Waals surface area contributed by atoms with Gasteiger partial charge in [-0.3, -0.25) is 0 Å². The molecule has 2 aromatic rings. The van der Waals surface area contributed by atoms with Crippen molar-refractivity contribution >= 4 is 11.0 Å². The zero-order valence-corrected chi connectivity index (χ0v) is 11.3. The summed E-state index contributed by atoms with van der Waals surface area (Å²) < 4.78 is 50.5. The molecule has 112 valence electrons. The Balaban J connectivity index is 1.97. The zero-order valence-electron chi connectivity index (χ0n) is 11.3. The van der Waals surface area contributed by atoms with Gasteiger partial charge in [-0.25, -0.2) is 4.98 Å². The Morgan fingerprint density at radius 3 is 2.76 bits per heavy atom. The molecule has 0 unspecified atom stereocenters. The standard InChI is InChI=1S/C14H13F3N2O2/c1-19-12-3-2-9(14(15,16)17)6-11(12)18-13(19)7-10-8-20-4-5-21-10/h2-3,6,8H,4-5,7H2,1H3. The van der Waals surface area contributed by atoms with Gasteiger partial charge < -0.3 is 14.0 Å². The van der Waals surface area contributed by atoms with Crippen LogP contribution in [0, 0.1) is 0 Å². The minimum absolute atomic E-state index is 0.319. The molecule has 7 heteroatoms. The van der Waals surface area contributed by atoms with Crippen molar-refractivity contribution in [2.45, 2.75) is 12.6 Å². The first kappa shape index (κ1) is 13.8. The molecule has 1 aliphatic rings. The number of hydrogen-bond acceptors (Lipinski definition) is 3. The summed E-state index contributed by atoms with van der Waals surface area (Å²) in [4.78, 5) is 4.27. The maximum absolute atomic E-state index is 12.7. The van der Waals surface area contributed by atoms with Gasteiger partial charge in [-0.15, -0.1) is 0 Å². The maximum Gasteiger partial charge on any atom is 0.416 e. The number of benzene rings is 1. The molecule has 0 saturated heterocycles. The molecule has 0 atom stereocenters. The molecular formula is C14H13F3N2O2. The molecule has 0 aliphatic carbocycles. The van der Waals surface area contributed by atoms with Gasteiger partial charge in [0.2, 0.25) is 0 Å². The Bertz CT molecular complexity index is 704. The van der Waals surface area contributed by atoms with E-state index in [2.05, 4.69) is 4.98 Å². The summed E-state index contributed by atoms with van der Waals surface area (Å²) in [5, 5.41) is 0. The largest absolute Gasteiger partial charge is 0.494 e. The van der Waals surface area contributed by atoms with E-state index in [1.807, 2.05) is 0 Å². The molecule has 1 aromatic carbocycles. The molecule has 0 spiro atoms. The van der Waals surface area contributed by atoms with Crippen molar-refractivity contribution in [2.75, 3.05) is 13.2 Å². The Kier molecular flexibility index (Phi) is 3.27. The third-order valence-electron chi connectivity index (χ3n) is 3.34. The molecule has 0 fully saturated rings. The third-order valence-corrected chi connectivity index (χ3v) is 3.34. The highest BCUT2D eigenvalue weighted by Crippen LogP contribution is 2.31. The number of halogens is 3. The number of aromatic nitrogens is 2. The summed E-state index contributed by atoms with van der Waals surface area (Å²) >= 11 is 0. The first-order chi connectivity index (χ1) is 9.95. The van der Waals surface area contributed by atoms with E-state index in [0.29, 0.717) is 42.3 Å². The quantitative estimate of drug-likeness (QED) is 0.855. The molecule has 3 rings (SSSR count). The van der Waals surface area contributed by atoms with E-state index < -0.39 is 11.7 Å². The molecule has 0 radical (unpaired) electrons. The monoisotopic (exact) mass is 298 g/mol. The van der Waals surface area contributed by atoms with Crippen molar-refractivity contribution in [1.29, 1.82) is 0 Å². The van der Waals surface area contributed by atoms with E-state index >= 15 is 0 Å². The number of nitrogens with zero attached hydrogens (tertiary/aromatic N) is 2. The predicted octanol–water partition coefficient (Wildman–Crippen LogP) is 3.02. The fourth-order valence-corrected chi connectivity index (χ4v) is 2.24. The Labute approximate surface area is 118 Å². The average molecular weight is 298 g/mol. The number of imidazole rings is 1. The molecule has 4 nitrogen and oxygen atoms in total. The molecule has 2 heterocycles. The maximum atomic E-state index is 12.7. The van der Waals surface area contributed by atoms with Crippen LogP contribution in [0.3, 0.4) is 0 Å². The Morgan fingerprint density at radius 1 is 1.29 bits per heavy atom. The van der Waals surface area contributed by atoms with Crippen LogP contribution in [0.4, 0.5) is 13.2 Å². The van der Waals surface area contributed by atoms with Crippen LogP contribution in [0.25, 0.3) is 11.0 Å². The molecule has 0 N–H and O–H groups in total. The number of hydrogen-bond donors (Lipinski definition) is 0. The van der Waals surface area contributed by atoms with Gasteiger partial charge in [-0.05, 0) is 18.2 Å². The lowest BCUT2D eigenvalue weighted by Crippen LogP contribution is -2.11. The lowest BCUT2D eigenvalue weighted by Gasteiger charge is -2.15. The van der Waals surface area contributed by atoms with Crippen LogP contribution >= 0.6 is 0 Å². The Morgan fingerprint density at radius 2 is 2.10 bits per heavy atom. The summed E-state index contributed by atoms with van der Waals surface area (Å²) in [7, 11) is 1.77. The number of rotatable bonds is 2. The van der Waals surface area contributed by atoms with Gasteiger partial charge in [0.25, 0.3) is 0 Å². The molecule has 0 saturated carbocycles. The summed E-state index contributed by atoms with van der Waals surface area (Å²) in [6, 6.07) is 3.56. The van der Waals surface area contributed by atoms with Crippen LogP contribution in [-0.2, 0) is 29.1 Å². The Hall–Kier alpha value is -2.18. The van der Waals surface area contributed by atoms with E-state index in [-0.39, 0.29) is 0 Å². The van der Waals surface area contributed by atoms with Crippen LogP contribution in [0.1, 0.15) is 11.4 Å². The first-order valence-electron chi connectivity index (χ1n) is 6.41. The molecular weight excluding hydrogens is 285 g/mol. The van der Waals surface area contributed by atoms with Crippen LogP contribution < -0.4 is 0 Å². The van der Waals surface area contributed by atoms with Crippen molar-refractivity contribution in [3.63, 3.8) is 0 Å². The lowest BCUT2D eigenvalue weighted by atomic mass is 10.2. The molecule has 21 heavy (non-hydrogen) atoms. The highest BCUT2D eigenvalue weighted by Gasteiger charge is 2.31. The van der Waals surface area contributed by atoms with E-state index in [1.54, 1.807) is 11.6 Å². The second-order valence-electron chi connectivity index (χ2n) is 4.77. The zero-order chi connectivity index (χ0) is 15.0. The molecule has 0 amide bonds. The SMILES string of the molecule is Cn1c(CC2=COCCO2)nc2cc(C(F)(F)F)ccc21. The van der Waals surface area contributed by atoms with E-state index in [4.69, 9.17) is 9.47 Å². The van der Waals surface area contributed by atoms with E-state index in [9.17, 15) is 13.2 Å². The van der Waals surface area contributed by atoms with Gasteiger partial charge in [0.15, 0.2) is 0 Å². The van der Waals surface area contributed by atoms with Crippen molar-refractivity contribution in [1.82, 2.24) is 9.55 Å². The highest BCUT2D eigenvalue weighted by atomic mass is 19.4. The van der Waals surface area contributed by atoms with Gasteiger partial charge in [0.05, 0.1) is 23.0 Å². The number of aryl methyl sites for hydroxylation is 1. The number of fused-ring (bicyclic) bond motifs is 1. The van der Waals surface area contributed by atoms with E-state index in [1.165, 1.54) is 12.3 Å². The number of ether oxygens (including phenoxy) is 2. The van der Waals surface area contributed by atoms with Gasteiger partial charge in [0, 0.05) is 7.05 Å². The fraction of sp³-hybridized carbons (Fsp3) is 0.357. The number of allylic oxidation sites excluding steroid dienone is 1. The van der Waals surface area contributed by atoms with Crippen LogP contribution in [0.2, 0.25) is 0 Å². The lowest BCUT2D eigenvalue weighted by molar-refractivity contribution is -0.137. The van der Waals surface area contributed by atoms with Crippen LogP contribution in [0.5, 0.6) is 0 Å². The first-order valence-corrected chi connectivity index (χ1v) is 6.41. The van der Waals surface area contributed by atoms with Gasteiger partial charge >= 0.3 is 6.18 Å². The molecule has 0 bridgehead atoms. The second kappa shape index (κ2) is 4.98. The van der Waals surface area contributed by atoms with Crippen LogP contribution in [0.15, 0.2) is 30.2 Å². The van der Waals surface area contributed by atoms with Crippen LogP contribution in [-0.4, -0.2) is 22.8 Å². The third kappa shape index (κ3) is 2.68. The molecule has 1 aromatic heterocycles.